The Balaban J connectivity index is 3.02. The maximum atomic E-state index is 5.65. The molecule has 0 saturated carbocycles. The highest BCUT2D eigenvalue weighted by molar-refractivity contribution is 6.17. The van der Waals surface area contributed by atoms with Crippen molar-refractivity contribution in [1.82, 2.24) is 0 Å². The molecule has 9 nitrogen and oxygen atoms in total. The van der Waals surface area contributed by atoms with E-state index in [9.17, 15) is 0 Å². The van der Waals surface area contributed by atoms with Crippen molar-refractivity contribution >= 4 is 11.6 Å². The standard InChI is InChI=1S/C31H63ClO9/c1-2-3-4-5-6-7-8-9-10-11-12-14-33-16-18-35-20-22-37-24-26-39-28-30-41-31-29-40-27-25-38-23-21-36-19-17-34-15-13-32/h2-31H2,1H3. The monoisotopic (exact) mass is 614 g/mol. The first kappa shape index (κ1) is 40.9. The first-order valence-corrected chi connectivity index (χ1v) is 16.7. The molecule has 0 heterocycles. The Morgan fingerprint density at radius 1 is 0.268 bits per heavy atom. The molecule has 0 aromatic rings. The number of rotatable bonds is 38. The third-order valence-corrected chi connectivity index (χ3v) is 6.24. The van der Waals surface area contributed by atoms with Crippen LogP contribution >= 0.6 is 11.6 Å². The molecular weight excluding hydrogens is 552 g/mol. The molecule has 10 heteroatoms. The minimum atomic E-state index is 0.505. The fraction of sp³-hybridized carbons (Fsp3) is 1.00. The second-order valence-corrected chi connectivity index (χ2v) is 10.1. The van der Waals surface area contributed by atoms with Crippen LogP contribution in [0.4, 0.5) is 0 Å². The second-order valence-electron chi connectivity index (χ2n) is 9.74. The molecule has 0 atom stereocenters. The first-order chi connectivity index (χ1) is 20.4. The van der Waals surface area contributed by atoms with Crippen LogP contribution in [-0.4, -0.2) is 125 Å². The number of halogens is 1. The van der Waals surface area contributed by atoms with Crippen LogP contribution in [-0.2, 0) is 42.6 Å². The predicted octanol–water partition coefficient (Wildman–Crippen LogP) is 5.69. The van der Waals surface area contributed by atoms with Gasteiger partial charge in [-0.2, -0.15) is 0 Å². The van der Waals surface area contributed by atoms with E-state index in [0.29, 0.717) is 118 Å². The van der Waals surface area contributed by atoms with E-state index in [1.165, 1.54) is 64.2 Å². The fourth-order valence-corrected chi connectivity index (χ4v) is 3.89. The lowest BCUT2D eigenvalue weighted by Gasteiger charge is -2.09. The summed E-state index contributed by atoms with van der Waals surface area (Å²) in [6.45, 7) is 12.6. The summed E-state index contributed by atoms with van der Waals surface area (Å²) in [6, 6.07) is 0. The Labute approximate surface area is 256 Å². The normalized spacial score (nSPS) is 11.6. The van der Waals surface area contributed by atoms with Crippen molar-refractivity contribution in [1.29, 1.82) is 0 Å². The van der Waals surface area contributed by atoms with Crippen molar-refractivity contribution in [2.75, 3.05) is 125 Å². The molecule has 0 aliphatic heterocycles. The van der Waals surface area contributed by atoms with Crippen molar-refractivity contribution in [3.05, 3.63) is 0 Å². The zero-order valence-electron chi connectivity index (χ0n) is 26.3. The van der Waals surface area contributed by atoms with E-state index in [-0.39, 0.29) is 0 Å². The average Bonchev–Trinajstić information content (AvgIpc) is 2.98. The molecule has 0 amide bonds. The molecule has 0 aliphatic rings. The third-order valence-electron chi connectivity index (χ3n) is 6.09. The van der Waals surface area contributed by atoms with Gasteiger partial charge in [0, 0.05) is 12.5 Å². The quantitative estimate of drug-likeness (QED) is 0.0644. The van der Waals surface area contributed by atoms with Gasteiger partial charge in [-0.1, -0.05) is 71.1 Å². The number of ether oxygens (including phenoxy) is 9. The van der Waals surface area contributed by atoms with E-state index >= 15 is 0 Å². The van der Waals surface area contributed by atoms with Gasteiger partial charge in [0.2, 0.25) is 0 Å². The molecule has 0 spiro atoms. The Morgan fingerprint density at radius 3 is 0.756 bits per heavy atom. The van der Waals surface area contributed by atoms with Crippen molar-refractivity contribution in [2.24, 2.45) is 0 Å². The van der Waals surface area contributed by atoms with E-state index in [1.807, 2.05) is 0 Å². The van der Waals surface area contributed by atoms with Gasteiger partial charge in [0.05, 0.1) is 112 Å². The van der Waals surface area contributed by atoms with Gasteiger partial charge in [-0.05, 0) is 6.42 Å². The Morgan fingerprint density at radius 2 is 0.488 bits per heavy atom. The molecule has 0 aliphatic carbocycles. The summed E-state index contributed by atoms with van der Waals surface area (Å²) >= 11 is 5.51. The topological polar surface area (TPSA) is 83.1 Å². The third kappa shape index (κ3) is 39.9. The summed E-state index contributed by atoms with van der Waals surface area (Å²) < 4.78 is 49.1. The minimum Gasteiger partial charge on any atom is -0.379 e. The average molecular weight is 615 g/mol. The lowest BCUT2D eigenvalue weighted by atomic mass is 10.1. The van der Waals surface area contributed by atoms with Gasteiger partial charge in [-0.25, -0.2) is 0 Å². The molecule has 0 rings (SSSR count). The molecule has 0 saturated heterocycles. The van der Waals surface area contributed by atoms with Crippen molar-refractivity contribution in [2.45, 2.75) is 77.6 Å². The zero-order valence-corrected chi connectivity index (χ0v) is 27.0. The summed E-state index contributed by atoms with van der Waals surface area (Å²) in [5, 5.41) is 0. The van der Waals surface area contributed by atoms with Gasteiger partial charge in [-0.15, -0.1) is 11.6 Å². The summed E-state index contributed by atoms with van der Waals surface area (Å²) in [7, 11) is 0. The largest absolute Gasteiger partial charge is 0.379 e. The van der Waals surface area contributed by atoms with Crippen LogP contribution in [0.15, 0.2) is 0 Å². The van der Waals surface area contributed by atoms with Crippen LogP contribution in [0.5, 0.6) is 0 Å². The molecule has 0 unspecified atom stereocenters. The van der Waals surface area contributed by atoms with Crippen LogP contribution in [0, 0.1) is 0 Å². The summed E-state index contributed by atoms with van der Waals surface area (Å²) in [5.74, 6) is 0.505. The first-order valence-electron chi connectivity index (χ1n) is 16.2. The molecule has 248 valence electrons. The summed E-state index contributed by atoms with van der Waals surface area (Å²) in [6.07, 6.45) is 14.9. The highest BCUT2D eigenvalue weighted by atomic mass is 35.5. The number of unbranched alkanes of at least 4 members (excludes halogenated alkanes) is 10. The van der Waals surface area contributed by atoms with Crippen LogP contribution in [0.25, 0.3) is 0 Å². The molecule has 0 fully saturated rings. The van der Waals surface area contributed by atoms with Gasteiger partial charge in [-0.3, -0.25) is 0 Å². The SMILES string of the molecule is CCCCCCCCCCCCCOCCOCCOCCOCCOCCOCCOCCOCCOCCCl. The van der Waals surface area contributed by atoms with E-state index in [1.54, 1.807) is 0 Å². The highest BCUT2D eigenvalue weighted by Crippen LogP contribution is 2.11. The second kappa shape index (κ2) is 39.9. The number of hydrogen-bond acceptors (Lipinski definition) is 9. The van der Waals surface area contributed by atoms with Crippen LogP contribution in [0.1, 0.15) is 77.6 Å². The highest BCUT2D eigenvalue weighted by Gasteiger charge is 1.97. The fourth-order valence-electron chi connectivity index (χ4n) is 3.78. The maximum Gasteiger partial charge on any atom is 0.0701 e. The molecule has 0 aromatic carbocycles. The predicted molar refractivity (Wildman–Crippen MR) is 165 cm³/mol. The molecule has 41 heavy (non-hydrogen) atoms. The molecule has 0 bridgehead atoms. The van der Waals surface area contributed by atoms with Crippen molar-refractivity contribution in [3.8, 4) is 0 Å². The van der Waals surface area contributed by atoms with E-state index in [0.717, 1.165) is 13.0 Å². The lowest BCUT2D eigenvalue weighted by Crippen LogP contribution is -2.15. The Kier molecular flexibility index (Phi) is 39.9. The molecular formula is C31H63ClO9. The Hall–Kier alpha value is -0.0700. The minimum absolute atomic E-state index is 0.505. The lowest BCUT2D eigenvalue weighted by molar-refractivity contribution is -0.0248. The van der Waals surface area contributed by atoms with Crippen LogP contribution in [0.2, 0.25) is 0 Å². The van der Waals surface area contributed by atoms with Crippen molar-refractivity contribution in [3.63, 3.8) is 0 Å². The summed E-state index contributed by atoms with van der Waals surface area (Å²) in [5.41, 5.74) is 0. The van der Waals surface area contributed by atoms with Crippen LogP contribution < -0.4 is 0 Å². The Bertz CT molecular complexity index is 412. The molecule has 0 aromatic heterocycles. The van der Waals surface area contributed by atoms with Gasteiger partial charge < -0.3 is 42.6 Å². The van der Waals surface area contributed by atoms with Crippen LogP contribution in [0.3, 0.4) is 0 Å². The maximum absolute atomic E-state index is 5.65. The van der Waals surface area contributed by atoms with Gasteiger partial charge in [0.25, 0.3) is 0 Å². The smallest absolute Gasteiger partial charge is 0.0701 e. The van der Waals surface area contributed by atoms with E-state index in [2.05, 4.69) is 6.92 Å². The number of alkyl halides is 1. The number of hydrogen-bond donors (Lipinski definition) is 0. The van der Waals surface area contributed by atoms with Gasteiger partial charge in [0.15, 0.2) is 0 Å². The van der Waals surface area contributed by atoms with Crippen molar-refractivity contribution < 1.29 is 42.6 Å². The van der Waals surface area contributed by atoms with Gasteiger partial charge in [0.1, 0.15) is 0 Å². The molecule has 0 radical (unpaired) electrons. The molecule has 0 N–H and O–H groups in total. The van der Waals surface area contributed by atoms with Gasteiger partial charge >= 0.3 is 0 Å². The van der Waals surface area contributed by atoms with E-state index < -0.39 is 0 Å². The zero-order chi connectivity index (χ0) is 29.6. The summed E-state index contributed by atoms with van der Waals surface area (Å²) in [4.78, 5) is 0. The van der Waals surface area contributed by atoms with E-state index in [4.69, 9.17) is 54.2 Å².